The maximum absolute atomic E-state index is 13.0. The van der Waals surface area contributed by atoms with E-state index >= 15 is 0 Å². The van der Waals surface area contributed by atoms with Gasteiger partial charge in [-0.2, -0.15) is 0 Å². The largest absolute Gasteiger partial charge is 0.392 e. The van der Waals surface area contributed by atoms with Crippen LogP contribution >= 0.6 is 0 Å². The third-order valence-electron chi connectivity index (χ3n) is 8.23. The molecule has 2 aliphatic rings. The van der Waals surface area contributed by atoms with Gasteiger partial charge in [-0.3, -0.25) is 9.62 Å². The van der Waals surface area contributed by atoms with Crippen molar-refractivity contribution in [1.29, 1.82) is 0 Å². The van der Waals surface area contributed by atoms with E-state index in [0.717, 1.165) is 55.4 Å². The maximum Gasteiger partial charge on any atom is 0.261 e. The van der Waals surface area contributed by atoms with Crippen molar-refractivity contribution in [1.82, 2.24) is 14.9 Å². The number of hydrogen-bond acceptors (Lipinski definition) is 9. The van der Waals surface area contributed by atoms with Crippen LogP contribution in [0.5, 0.6) is 0 Å². The number of anilines is 2. The highest BCUT2D eigenvalue weighted by atomic mass is 32.2. The fraction of sp³-hybridized carbons (Fsp3) is 0.333. The Labute approximate surface area is 258 Å². The van der Waals surface area contributed by atoms with Gasteiger partial charge in [0.25, 0.3) is 10.0 Å². The molecular formula is C33H37N5O5S. The number of nitrogens with zero attached hydrogens (tertiary/aromatic N) is 4. The fourth-order valence-electron chi connectivity index (χ4n) is 5.73. The van der Waals surface area contributed by atoms with Gasteiger partial charge in [0.05, 0.1) is 23.7 Å². The number of piperazine rings is 1. The quantitative estimate of drug-likeness (QED) is 0.283. The van der Waals surface area contributed by atoms with Gasteiger partial charge in [0.2, 0.25) is 5.95 Å². The number of ether oxygens (including phenoxy) is 2. The Balaban J connectivity index is 1.21. The Hall–Kier alpha value is -3.87. The summed E-state index contributed by atoms with van der Waals surface area (Å²) in [5.74, 6) is 0.776. The Kier molecular flexibility index (Phi) is 9.20. The molecule has 0 radical (unpaired) electrons. The molecule has 2 aliphatic heterocycles. The molecule has 2 N–H and O–H groups in total. The normalized spacial score (nSPS) is 22.9. The van der Waals surface area contributed by atoms with E-state index in [4.69, 9.17) is 9.47 Å². The van der Waals surface area contributed by atoms with Gasteiger partial charge in [-0.25, -0.2) is 18.4 Å². The van der Waals surface area contributed by atoms with Gasteiger partial charge < -0.3 is 19.5 Å². The molecule has 10 nitrogen and oxygen atoms in total. The van der Waals surface area contributed by atoms with Crippen LogP contribution < -0.4 is 9.62 Å². The van der Waals surface area contributed by atoms with Gasteiger partial charge in [-0.05, 0) is 41.5 Å². The van der Waals surface area contributed by atoms with E-state index in [1.165, 1.54) is 0 Å². The molecule has 0 bridgehead atoms. The minimum Gasteiger partial charge on any atom is -0.392 e. The van der Waals surface area contributed by atoms with Crippen LogP contribution in [-0.2, 0) is 26.1 Å². The Morgan fingerprint density at radius 1 is 0.864 bits per heavy atom. The first kappa shape index (κ1) is 30.2. The monoisotopic (exact) mass is 615 g/mol. The third-order valence-corrected chi connectivity index (χ3v) is 9.63. The molecular weight excluding hydrogens is 578 g/mol. The minimum atomic E-state index is -3.76. The van der Waals surface area contributed by atoms with Crippen molar-refractivity contribution in [2.75, 3.05) is 42.3 Å². The lowest BCUT2D eigenvalue weighted by atomic mass is 9.90. The van der Waals surface area contributed by atoms with Crippen LogP contribution in [0, 0.1) is 5.92 Å². The predicted molar refractivity (Wildman–Crippen MR) is 167 cm³/mol. The SMILES string of the molecule is CC1C(CN2CCN(c3ncccn3)CC2)OC(c2cccc(NS(=O)(=O)c3ccccc3)c2)OC1c1ccc(CO)cc1. The van der Waals surface area contributed by atoms with Gasteiger partial charge in [0.1, 0.15) is 0 Å². The Morgan fingerprint density at radius 2 is 1.59 bits per heavy atom. The highest BCUT2D eigenvalue weighted by Crippen LogP contribution is 2.42. The van der Waals surface area contributed by atoms with Crippen LogP contribution in [0.4, 0.5) is 11.6 Å². The number of sulfonamides is 1. The van der Waals surface area contributed by atoms with E-state index in [-0.39, 0.29) is 29.6 Å². The second kappa shape index (κ2) is 13.4. The van der Waals surface area contributed by atoms with E-state index in [1.807, 2.05) is 36.4 Å². The van der Waals surface area contributed by atoms with E-state index in [1.54, 1.807) is 60.9 Å². The summed E-state index contributed by atoms with van der Waals surface area (Å²) in [5.41, 5.74) is 2.98. The Bertz CT molecular complexity index is 1620. The average molecular weight is 616 g/mol. The van der Waals surface area contributed by atoms with Crippen LogP contribution in [0.2, 0.25) is 0 Å². The summed E-state index contributed by atoms with van der Waals surface area (Å²) in [5, 5.41) is 9.56. The van der Waals surface area contributed by atoms with Crippen LogP contribution in [0.3, 0.4) is 0 Å². The lowest BCUT2D eigenvalue weighted by molar-refractivity contribution is -0.276. The van der Waals surface area contributed by atoms with Crippen LogP contribution in [0.25, 0.3) is 0 Å². The van der Waals surface area contributed by atoms with Crippen LogP contribution in [0.1, 0.15) is 36.0 Å². The highest BCUT2D eigenvalue weighted by molar-refractivity contribution is 7.92. The second-order valence-electron chi connectivity index (χ2n) is 11.2. The summed E-state index contributed by atoms with van der Waals surface area (Å²) in [6, 6.07) is 25.1. The fourth-order valence-corrected chi connectivity index (χ4v) is 6.80. The van der Waals surface area contributed by atoms with Gasteiger partial charge in [0.15, 0.2) is 6.29 Å². The molecule has 44 heavy (non-hydrogen) atoms. The van der Waals surface area contributed by atoms with Crippen LogP contribution in [0.15, 0.2) is 102 Å². The number of aliphatic hydroxyl groups is 1. The summed E-state index contributed by atoms with van der Waals surface area (Å²) >= 11 is 0. The number of nitrogens with one attached hydrogen (secondary N) is 1. The van der Waals surface area contributed by atoms with Crippen molar-refractivity contribution in [2.24, 2.45) is 5.92 Å². The number of benzene rings is 3. The predicted octanol–water partition coefficient (Wildman–Crippen LogP) is 4.38. The highest BCUT2D eigenvalue weighted by Gasteiger charge is 2.39. The van der Waals surface area contributed by atoms with Crippen molar-refractivity contribution in [2.45, 2.75) is 36.9 Å². The lowest BCUT2D eigenvalue weighted by Gasteiger charge is -2.44. The molecule has 4 unspecified atom stereocenters. The van der Waals surface area contributed by atoms with E-state index in [0.29, 0.717) is 5.69 Å². The molecule has 0 spiro atoms. The summed E-state index contributed by atoms with van der Waals surface area (Å²) in [4.78, 5) is 13.6. The summed E-state index contributed by atoms with van der Waals surface area (Å²) in [6.45, 7) is 6.18. The molecule has 6 rings (SSSR count). The molecule has 4 aromatic rings. The van der Waals surface area contributed by atoms with E-state index < -0.39 is 16.3 Å². The molecule has 2 fully saturated rings. The van der Waals surface area contributed by atoms with Crippen molar-refractivity contribution in [3.63, 3.8) is 0 Å². The molecule has 0 aliphatic carbocycles. The third kappa shape index (κ3) is 6.92. The van der Waals surface area contributed by atoms with Crippen molar-refractivity contribution < 1.29 is 23.0 Å². The minimum absolute atomic E-state index is 0.0264. The first-order chi connectivity index (χ1) is 21.4. The standard InChI is InChI=1S/C33H37N5O5S/c1-24-30(22-37-17-19-38(20-18-37)33-34-15-6-16-35-33)42-32(43-31(24)26-13-11-25(23-39)12-14-26)27-7-5-8-28(21-27)36-44(40,41)29-9-3-2-4-10-29/h2-16,21,24,30-32,36,39H,17-20,22-23H2,1H3. The molecule has 1 aromatic heterocycles. The molecule has 0 amide bonds. The van der Waals surface area contributed by atoms with E-state index in [9.17, 15) is 13.5 Å². The van der Waals surface area contributed by atoms with Crippen molar-refractivity contribution in [3.05, 3.63) is 114 Å². The zero-order valence-electron chi connectivity index (χ0n) is 24.6. The molecule has 0 saturated carbocycles. The molecule has 2 saturated heterocycles. The summed E-state index contributed by atoms with van der Waals surface area (Å²) in [7, 11) is -3.76. The molecule has 4 atom stereocenters. The molecule has 3 heterocycles. The number of aromatic nitrogens is 2. The topological polar surface area (TPSA) is 117 Å². The van der Waals surface area contributed by atoms with Gasteiger partial charge >= 0.3 is 0 Å². The lowest BCUT2D eigenvalue weighted by Crippen LogP contribution is -2.51. The van der Waals surface area contributed by atoms with Crippen molar-refractivity contribution >= 4 is 21.7 Å². The van der Waals surface area contributed by atoms with E-state index in [2.05, 4.69) is 31.4 Å². The zero-order valence-corrected chi connectivity index (χ0v) is 25.4. The van der Waals surface area contributed by atoms with Gasteiger partial charge in [0, 0.05) is 62.3 Å². The summed E-state index contributed by atoms with van der Waals surface area (Å²) < 4.78 is 41.9. The second-order valence-corrected chi connectivity index (χ2v) is 12.9. The Morgan fingerprint density at radius 3 is 2.30 bits per heavy atom. The van der Waals surface area contributed by atoms with Crippen LogP contribution in [-0.4, -0.2) is 67.2 Å². The van der Waals surface area contributed by atoms with Crippen molar-refractivity contribution in [3.8, 4) is 0 Å². The maximum atomic E-state index is 13.0. The first-order valence-electron chi connectivity index (χ1n) is 14.8. The smallest absolute Gasteiger partial charge is 0.261 e. The number of aliphatic hydroxyl groups excluding tert-OH is 1. The van der Waals surface area contributed by atoms with Gasteiger partial charge in [-0.1, -0.05) is 61.5 Å². The number of hydrogen-bond donors (Lipinski definition) is 2. The average Bonchev–Trinajstić information content (AvgIpc) is 3.07. The number of rotatable bonds is 9. The molecule has 3 aromatic carbocycles. The summed E-state index contributed by atoms with van der Waals surface area (Å²) in [6.07, 6.45) is 2.40. The first-order valence-corrected chi connectivity index (χ1v) is 16.3. The molecule has 11 heteroatoms. The molecule has 230 valence electrons. The van der Waals surface area contributed by atoms with Gasteiger partial charge in [-0.15, -0.1) is 0 Å². The zero-order chi connectivity index (χ0) is 30.5.